The molecule has 0 bridgehead atoms. The first-order valence-electron chi connectivity index (χ1n) is 9.30. The molecular weight excluding hydrogens is 340 g/mol. The minimum atomic E-state index is -0.333. The lowest BCUT2D eigenvalue weighted by Crippen LogP contribution is -2.24. The minimum absolute atomic E-state index is 0.288. The number of methoxy groups -OCH3 is 1. The fourth-order valence-electron chi connectivity index (χ4n) is 3.92. The van der Waals surface area contributed by atoms with Gasteiger partial charge < -0.3 is 9.72 Å². The number of esters is 1. The average Bonchev–Trinajstić information content (AvgIpc) is 3.27. The van der Waals surface area contributed by atoms with Crippen molar-refractivity contribution in [2.24, 2.45) is 0 Å². The van der Waals surface area contributed by atoms with Gasteiger partial charge in [-0.15, -0.1) is 0 Å². The molecule has 0 radical (unpaired) electrons. The largest absolute Gasteiger partial charge is 0.465 e. The van der Waals surface area contributed by atoms with Gasteiger partial charge in [0.2, 0.25) is 0 Å². The molecule has 1 fully saturated rings. The normalized spacial score (nSPS) is 17.5. The highest BCUT2D eigenvalue weighted by molar-refractivity contribution is 6.04. The van der Waals surface area contributed by atoms with Crippen LogP contribution in [0.15, 0.2) is 30.5 Å². The van der Waals surface area contributed by atoms with E-state index in [4.69, 9.17) is 9.72 Å². The molecule has 1 atom stereocenters. The van der Waals surface area contributed by atoms with Crippen LogP contribution in [0.3, 0.4) is 0 Å². The SMILES string of the molecule is COC(=O)c1ccc(CN2CCCC2c2nc(C)c(C)[nH]2)c2ncccc12. The van der Waals surface area contributed by atoms with Crippen LogP contribution in [0.5, 0.6) is 0 Å². The van der Waals surface area contributed by atoms with Crippen LogP contribution in [0.2, 0.25) is 0 Å². The minimum Gasteiger partial charge on any atom is -0.465 e. The standard InChI is InChI=1S/C21H24N4O2/c1-13-14(2)24-20(23-13)18-7-5-11-25(18)12-15-8-9-17(21(26)27-3)16-6-4-10-22-19(15)16/h4,6,8-10,18H,5,7,11-12H2,1-3H3,(H,23,24). The van der Waals surface area contributed by atoms with Crippen molar-refractivity contribution in [1.82, 2.24) is 19.9 Å². The van der Waals surface area contributed by atoms with Crippen molar-refractivity contribution in [2.45, 2.75) is 39.3 Å². The monoisotopic (exact) mass is 364 g/mol. The number of ether oxygens (including phenoxy) is 1. The Morgan fingerprint density at radius 3 is 2.93 bits per heavy atom. The van der Waals surface area contributed by atoms with E-state index in [1.165, 1.54) is 7.11 Å². The number of aryl methyl sites for hydroxylation is 2. The van der Waals surface area contributed by atoms with Crippen LogP contribution in [0.25, 0.3) is 10.9 Å². The van der Waals surface area contributed by atoms with Gasteiger partial charge in [-0.25, -0.2) is 9.78 Å². The van der Waals surface area contributed by atoms with Crippen LogP contribution < -0.4 is 0 Å². The molecule has 140 valence electrons. The Bertz CT molecular complexity index is 976. The first-order chi connectivity index (χ1) is 13.1. The molecule has 6 heteroatoms. The van der Waals surface area contributed by atoms with E-state index in [1.54, 1.807) is 6.20 Å². The smallest absolute Gasteiger partial charge is 0.338 e. The molecule has 1 unspecified atom stereocenters. The molecule has 3 heterocycles. The summed E-state index contributed by atoms with van der Waals surface area (Å²) in [6, 6.07) is 7.91. The lowest BCUT2D eigenvalue weighted by molar-refractivity contribution is 0.0603. The van der Waals surface area contributed by atoms with Crippen molar-refractivity contribution in [3.63, 3.8) is 0 Å². The van der Waals surface area contributed by atoms with E-state index in [0.29, 0.717) is 5.56 Å². The van der Waals surface area contributed by atoms with Gasteiger partial charge >= 0.3 is 5.97 Å². The van der Waals surface area contributed by atoms with Crippen molar-refractivity contribution in [1.29, 1.82) is 0 Å². The molecule has 2 aromatic heterocycles. The predicted molar refractivity (Wildman–Crippen MR) is 104 cm³/mol. The second kappa shape index (κ2) is 7.12. The average molecular weight is 364 g/mol. The van der Waals surface area contributed by atoms with Gasteiger partial charge in [0.25, 0.3) is 0 Å². The summed E-state index contributed by atoms with van der Waals surface area (Å²) in [5.41, 5.74) is 4.72. The summed E-state index contributed by atoms with van der Waals surface area (Å²) in [5.74, 6) is 0.714. The number of likely N-dealkylation sites (tertiary alicyclic amines) is 1. The van der Waals surface area contributed by atoms with E-state index in [1.807, 2.05) is 31.2 Å². The fraction of sp³-hybridized carbons (Fsp3) is 0.381. The lowest BCUT2D eigenvalue weighted by Gasteiger charge is -2.23. The number of fused-ring (bicyclic) bond motifs is 1. The zero-order valence-corrected chi connectivity index (χ0v) is 16.0. The van der Waals surface area contributed by atoms with Crippen molar-refractivity contribution in [3.05, 3.63) is 58.8 Å². The number of nitrogens with one attached hydrogen (secondary N) is 1. The number of carbonyl (C=O) groups excluding carboxylic acids is 1. The molecule has 1 aliphatic rings. The summed E-state index contributed by atoms with van der Waals surface area (Å²) < 4.78 is 4.92. The zero-order valence-electron chi connectivity index (χ0n) is 16.0. The summed E-state index contributed by atoms with van der Waals surface area (Å²) in [5, 5.41) is 0.835. The van der Waals surface area contributed by atoms with Crippen LogP contribution in [0.4, 0.5) is 0 Å². The van der Waals surface area contributed by atoms with Gasteiger partial charge in [0.15, 0.2) is 0 Å². The van der Waals surface area contributed by atoms with Crippen LogP contribution in [0.1, 0.15) is 52.0 Å². The number of H-pyrrole nitrogens is 1. The van der Waals surface area contributed by atoms with Crippen molar-refractivity contribution < 1.29 is 9.53 Å². The van der Waals surface area contributed by atoms with E-state index in [0.717, 1.165) is 59.6 Å². The second-order valence-electron chi connectivity index (χ2n) is 7.12. The molecule has 0 aliphatic carbocycles. The van der Waals surface area contributed by atoms with Gasteiger partial charge in [0.05, 0.1) is 29.9 Å². The topological polar surface area (TPSA) is 71.1 Å². The third kappa shape index (κ3) is 3.21. The summed E-state index contributed by atoms with van der Waals surface area (Å²) >= 11 is 0. The number of pyridine rings is 1. The van der Waals surface area contributed by atoms with Gasteiger partial charge in [-0.2, -0.15) is 0 Å². The molecular formula is C21H24N4O2. The van der Waals surface area contributed by atoms with Gasteiger partial charge in [0, 0.05) is 23.8 Å². The van der Waals surface area contributed by atoms with E-state index in [9.17, 15) is 4.79 Å². The Hall–Kier alpha value is -2.73. The molecule has 1 N–H and O–H groups in total. The zero-order chi connectivity index (χ0) is 19.0. The van der Waals surface area contributed by atoms with E-state index < -0.39 is 0 Å². The maximum absolute atomic E-state index is 12.1. The first-order valence-corrected chi connectivity index (χ1v) is 9.30. The summed E-state index contributed by atoms with van der Waals surface area (Å²) in [4.78, 5) is 27.2. The van der Waals surface area contributed by atoms with Gasteiger partial charge in [-0.05, 0) is 50.9 Å². The Labute approximate surface area is 158 Å². The quantitative estimate of drug-likeness (QED) is 0.715. The molecule has 3 aromatic rings. The van der Waals surface area contributed by atoms with Crippen LogP contribution in [-0.4, -0.2) is 39.5 Å². The fourth-order valence-corrected chi connectivity index (χ4v) is 3.92. The van der Waals surface area contributed by atoms with Crippen molar-refractivity contribution in [2.75, 3.05) is 13.7 Å². The third-order valence-electron chi connectivity index (χ3n) is 5.46. The number of carbonyl (C=O) groups is 1. The molecule has 0 spiro atoms. The number of hydrogen-bond acceptors (Lipinski definition) is 5. The van der Waals surface area contributed by atoms with Gasteiger partial charge in [0.1, 0.15) is 5.82 Å². The van der Waals surface area contributed by atoms with E-state index in [2.05, 4.69) is 21.8 Å². The highest BCUT2D eigenvalue weighted by atomic mass is 16.5. The summed E-state index contributed by atoms with van der Waals surface area (Å²) in [6.45, 7) is 5.90. The molecule has 27 heavy (non-hydrogen) atoms. The number of hydrogen-bond donors (Lipinski definition) is 1. The molecule has 1 saturated heterocycles. The number of imidazole rings is 1. The van der Waals surface area contributed by atoms with Crippen LogP contribution in [-0.2, 0) is 11.3 Å². The molecule has 1 aliphatic heterocycles. The Kier molecular flexibility index (Phi) is 4.66. The molecule has 6 nitrogen and oxygen atoms in total. The summed E-state index contributed by atoms with van der Waals surface area (Å²) in [7, 11) is 1.40. The Balaban J connectivity index is 1.68. The summed E-state index contributed by atoms with van der Waals surface area (Å²) in [6.07, 6.45) is 4.01. The number of nitrogens with zero attached hydrogens (tertiary/aromatic N) is 3. The van der Waals surface area contributed by atoms with Gasteiger partial charge in [-0.1, -0.05) is 12.1 Å². The Morgan fingerprint density at radius 1 is 1.33 bits per heavy atom. The Morgan fingerprint density at radius 2 is 2.19 bits per heavy atom. The highest BCUT2D eigenvalue weighted by Crippen LogP contribution is 2.33. The van der Waals surface area contributed by atoms with Crippen molar-refractivity contribution >= 4 is 16.9 Å². The highest BCUT2D eigenvalue weighted by Gasteiger charge is 2.29. The first kappa shape index (κ1) is 17.7. The second-order valence-corrected chi connectivity index (χ2v) is 7.12. The number of benzene rings is 1. The molecule has 0 saturated carbocycles. The van der Waals surface area contributed by atoms with Crippen molar-refractivity contribution in [3.8, 4) is 0 Å². The van der Waals surface area contributed by atoms with E-state index in [-0.39, 0.29) is 12.0 Å². The number of aromatic amines is 1. The molecule has 1 aromatic carbocycles. The third-order valence-corrected chi connectivity index (χ3v) is 5.46. The number of rotatable bonds is 4. The van der Waals surface area contributed by atoms with Crippen LogP contribution >= 0.6 is 0 Å². The van der Waals surface area contributed by atoms with E-state index >= 15 is 0 Å². The predicted octanol–water partition coefficient (Wildman–Crippen LogP) is 3.70. The lowest BCUT2D eigenvalue weighted by atomic mass is 10.0. The maximum Gasteiger partial charge on any atom is 0.338 e. The maximum atomic E-state index is 12.1. The molecule has 0 amide bonds. The van der Waals surface area contributed by atoms with Crippen LogP contribution in [0, 0.1) is 13.8 Å². The van der Waals surface area contributed by atoms with Gasteiger partial charge in [-0.3, -0.25) is 9.88 Å². The molecule has 4 rings (SSSR count). The number of aromatic nitrogens is 3.